The molecular formula is C41H62N12O10. The van der Waals surface area contributed by atoms with Gasteiger partial charge in [0, 0.05) is 71.2 Å². The molecule has 0 radical (unpaired) electrons. The summed E-state index contributed by atoms with van der Waals surface area (Å²) in [5.41, 5.74) is 14.0. The number of carbonyl (C=O) groups excluding carboxylic acids is 7. The average molecular weight is 883 g/mol. The predicted octanol–water partition coefficient (Wildman–Crippen LogP) is -0.541. The monoisotopic (exact) mass is 882 g/mol. The van der Waals surface area contributed by atoms with Gasteiger partial charge in [-0.15, -0.1) is 10.2 Å². The van der Waals surface area contributed by atoms with Gasteiger partial charge in [0.1, 0.15) is 34.6 Å². The Morgan fingerprint density at radius 1 is 0.857 bits per heavy atom. The summed E-state index contributed by atoms with van der Waals surface area (Å²) in [5.74, 6) is -1.69. The molecule has 4 heterocycles. The maximum absolute atomic E-state index is 14.1. The van der Waals surface area contributed by atoms with Crippen LogP contribution in [0.5, 0.6) is 0 Å². The lowest BCUT2D eigenvalue weighted by Crippen LogP contribution is -2.56. The van der Waals surface area contributed by atoms with Gasteiger partial charge < -0.3 is 56.4 Å². The maximum atomic E-state index is 14.1. The van der Waals surface area contributed by atoms with E-state index in [4.69, 9.17) is 30.7 Å². The first-order chi connectivity index (χ1) is 30.2. The van der Waals surface area contributed by atoms with Gasteiger partial charge in [0.25, 0.3) is 11.8 Å². The summed E-state index contributed by atoms with van der Waals surface area (Å²) < 4.78 is 18.4. The van der Waals surface area contributed by atoms with E-state index in [9.17, 15) is 33.6 Å². The second kappa shape index (κ2) is 25.2. The molecule has 0 unspecified atom stereocenters. The number of nitrogens with one attached hydrogen (secondary N) is 4. The molecule has 4 rings (SSSR count). The number of imide groups is 1. The Morgan fingerprint density at radius 3 is 2.21 bits per heavy atom. The molecule has 8 amide bonds. The molecular weight excluding hydrogens is 821 g/mol. The van der Waals surface area contributed by atoms with Crippen molar-refractivity contribution in [3.8, 4) is 0 Å². The van der Waals surface area contributed by atoms with E-state index in [0.717, 1.165) is 41.1 Å². The first kappa shape index (κ1) is 49.7. The van der Waals surface area contributed by atoms with Gasteiger partial charge in [0.15, 0.2) is 5.82 Å². The van der Waals surface area contributed by atoms with E-state index < -0.39 is 41.7 Å². The van der Waals surface area contributed by atoms with Gasteiger partial charge in [-0.3, -0.25) is 33.7 Å². The standard InChI is InChI=1S/C41H62N12O10/c1-5-6-9-29-47-36-37(51(29)4)35(49-50-38(36)42)27-12-17-52(25-27)40(59)28(8-7-15-45-41(43)60)46-39(58)34(26(2)3)48-31(55)14-19-61-21-23-63-24-22-62-20-16-44-30(54)13-18-53-32(56)10-11-33(53)57/h10-12,26,28,34H,5-9,13-25H2,1-4H3,(H2,42,50)(H,44,54)(H,46,58)(H,48,55)(H3,43,45,60)/t28-,34-/m0/s1. The number of fused-ring (bicyclic) bond motifs is 1. The highest BCUT2D eigenvalue weighted by molar-refractivity contribution is 6.13. The van der Waals surface area contributed by atoms with Crippen molar-refractivity contribution in [2.45, 2.75) is 77.8 Å². The minimum Gasteiger partial charge on any atom is -0.380 e. The normalized spacial score (nSPS) is 14.7. The molecule has 0 aromatic carbocycles. The molecule has 2 aliphatic rings. The Bertz CT molecular complexity index is 1980. The van der Waals surface area contributed by atoms with Crippen LogP contribution in [0.2, 0.25) is 0 Å². The maximum Gasteiger partial charge on any atom is 0.312 e. The topological polar surface area (TPSA) is 297 Å². The SMILES string of the molecule is CCCCc1nc2c(N)nnc(C3=CCN(C(=O)[C@H](CCCNC(N)=O)NC(=O)[C@@H](NC(=O)CCOCCOCCOCCNC(=O)CCN4C(=O)C=CC4=O)C(C)C)C3)c2n1C. The van der Waals surface area contributed by atoms with Gasteiger partial charge in [-0.1, -0.05) is 33.3 Å². The van der Waals surface area contributed by atoms with Crippen molar-refractivity contribution in [3.05, 3.63) is 29.7 Å². The number of aromatic nitrogens is 4. The molecule has 2 aromatic heterocycles. The smallest absolute Gasteiger partial charge is 0.312 e. The van der Waals surface area contributed by atoms with Crippen molar-refractivity contribution in [2.24, 2.45) is 18.7 Å². The van der Waals surface area contributed by atoms with Crippen LogP contribution in [0, 0.1) is 5.92 Å². The summed E-state index contributed by atoms with van der Waals surface area (Å²) in [4.78, 5) is 94.4. The van der Waals surface area contributed by atoms with Crippen molar-refractivity contribution < 1.29 is 47.8 Å². The van der Waals surface area contributed by atoms with E-state index >= 15 is 0 Å². The number of unbranched alkanes of at least 4 members (excludes halogenated alkanes) is 1. The number of primary amides is 1. The number of anilines is 1. The number of nitrogen functional groups attached to an aromatic ring is 1. The second-order valence-corrected chi connectivity index (χ2v) is 15.4. The highest BCUT2D eigenvalue weighted by Gasteiger charge is 2.33. The van der Waals surface area contributed by atoms with E-state index in [0.29, 0.717) is 17.6 Å². The van der Waals surface area contributed by atoms with Crippen LogP contribution in [-0.4, -0.2) is 155 Å². The molecule has 22 heteroatoms. The molecule has 8 N–H and O–H groups in total. The molecule has 2 atom stereocenters. The first-order valence-electron chi connectivity index (χ1n) is 21.3. The van der Waals surface area contributed by atoms with Gasteiger partial charge in [-0.2, -0.15) is 0 Å². The molecule has 2 aliphatic heterocycles. The molecule has 0 aliphatic carbocycles. The second-order valence-electron chi connectivity index (χ2n) is 15.4. The molecule has 0 saturated heterocycles. The number of rotatable bonds is 28. The summed E-state index contributed by atoms with van der Waals surface area (Å²) in [6, 6.07) is -2.63. The fourth-order valence-corrected chi connectivity index (χ4v) is 6.82. The minimum absolute atomic E-state index is 0.000238. The van der Waals surface area contributed by atoms with Crippen molar-refractivity contribution in [2.75, 3.05) is 78.1 Å². The van der Waals surface area contributed by atoms with Crippen LogP contribution in [-0.2, 0) is 56.4 Å². The zero-order valence-corrected chi connectivity index (χ0v) is 36.6. The van der Waals surface area contributed by atoms with Crippen molar-refractivity contribution >= 4 is 63.9 Å². The predicted molar refractivity (Wildman–Crippen MR) is 230 cm³/mol. The van der Waals surface area contributed by atoms with Crippen LogP contribution < -0.4 is 32.7 Å². The molecule has 0 fully saturated rings. The number of imidazole rings is 1. The van der Waals surface area contributed by atoms with Crippen molar-refractivity contribution in [1.29, 1.82) is 0 Å². The Balaban J connectivity index is 1.18. The third kappa shape index (κ3) is 15.1. The average Bonchev–Trinajstić information content (AvgIpc) is 3.96. The zero-order valence-electron chi connectivity index (χ0n) is 36.6. The Morgan fingerprint density at radius 2 is 1.54 bits per heavy atom. The van der Waals surface area contributed by atoms with Crippen LogP contribution in [0.25, 0.3) is 16.6 Å². The van der Waals surface area contributed by atoms with Crippen molar-refractivity contribution in [3.63, 3.8) is 0 Å². The fraction of sp³-hybridized carbons (Fsp3) is 0.610. The molecule has 63 heavy (non-hydrogen) atoms. The van der Waals surface area contributed by atoms with Gasteiger partial charge in [-0.05, 0) is 30.8 Å². The Hall–Kier alpha value is -6.00. The van der Waals surface area contributed by atoms with Crippen LogP contribution >= 0.6 is 0 Å². The molecule has 22 nitrogen and oxygen atoms in total. The zero-order chi connectivity index (χ0) is 45.9. The fourth-order valence-electron chi connectivity index (χ4n) is 6.82. The number of aryl methyl sites for hydroxylation is 2. The number of nitrogens with two attached hydrogens (primary N) is 2. The lowest BCUT2D eigenvalue weighted by Gasteiger charge is -2.28. The number of ether oxygens (including phenoxy) is 3. The van der Waals surface area contributed by atoms with Gasteiger partial charge in [0.2, 0.25) is 23.6 Å². The molecule has 0 bridgehead atoms. The number of carbonyl (C=O) groups is 7. The van der Waals surface area contributed by atoms with E-state index in [2.05, 4.69) is 38.4 Å². The van der Waals surface area contributed by atoms with Gasteiger partial charge in [0.05, 0.1) is 39.6 Å². The summed E-state index contributed by atoms with van der Waals surface area (Å²) in [6.45, 7) is 7.95. The molecule has 2 aromatic rings. The van der Waals surface area contributed by atoms with Crippen LogP contribution in [0.15, 0.2) is 18.2 Å². The number of hydrogen-bond donors (Lipinski definition) is 6. The van der Waals surface area contributed by atoms with Gasteiger partial charge in [-0.25, -0.2) is 9.78 Å². The third-order valence-corrected chi connectivity index (χ3v) is 10.3. The van der Waals surface area contributed by atoms with Gasteiger partial charge >= 0.3 is 6.03 Å². The van der Waals surface area contributed by atoms with Crippen molar-refractivity contribution in [1.82, 2.24) is 50.8 Å². The van der Waals surface area contributed by atoms with E-state index in [1.165, 1.54) is 12.2 Å². The third-order valence-electron chi connectivity index (χ3n) is 10.3. The number of nitrogens with zero attached hydrogens (tertiary/aromatic N) is 6. The molecule has 0 saturated carbocycles. The van der Waals surface area contributed by atoms with Crippen LogP contribution in [0.3, 0.4) is 0 Å². The molecule has 0 spiro atoms. The number of amides is 8. The summed E-state index contributed by atoms with van der Waals surface area (Å²) in [7, 11) is 1.91. The minimum atomic E-state index is -0.974. The quantitative estimate of drug-likeness (QED) is 0.0462. The Labute approximate surface area is 366 Å². The lowest BCUT2D eigenvalue weighted by molar-refractivity contribution is -0.137. The summed E-state index contributed by atoms with van der Waals surface area (Å²) in [6.07, 6.45) is 7.47. The first-order valence-corrected chi connectivity index (χ1v) is 21.3. The van der Waals surface area contributed by atoms with E-state index in [1.54, 1.807) is 18.7 Å². The highest BCUT2D eigenvalue weighted by Crippen LogP contribution is 2.29. The number of hydrogen-bond acceptors (Lipinski definition) is 14. The van der Waals surface area contributed by atoms with E-state index in [-0.39, 0.29) is 115 Å². The highest BCUT2D eigenvalue weighted by atomic mass is 16.5. The molecule has 346 valence electrons. The lowest BCUT2D eigenvalue weighted by atomic mass is 10.0. The Kier molecular flexibility index (Phi) is 19.9. The summed E-state index contributed by atoms with van der Waals surface area (Å²) >= 11 is 0. The van der Waals surface area contributed by atoms with Crippen LogP contribution in [0.4, 0.5) is 10.6 Å². The number of urea groups is 1. The van der Waals surface area contributed by atoms with Crippen LogP contribution in [0.1, 0.15) is 70.8 Å². The summed E-state index contributed by atoms with van der Waals surface area (Å²) in [5, 5.41) is 19.3. The largest absolute Gasteiger partial charge is 0.380 e. The van der Waals surface area contributed by atoms with E-state index in [1.807, 2.05) is 17.7 Å².